The highest BCUT2D eigenvalue weighted by atomic mass is 19.4. The molecule has 1 amide bonds. The van der Waals surface area contributed by atoms with Crippen LogP contribution in [0.3, 0.4) is 0 Å². The molecule has 27 heavy (non-hydrogen) atoms. The van der Waals surface area contributed by atoms with Gasteiger partial charge in [-0.05, 0) is 48.4 Å². The Bertz CT molecular complexity index is 933. The summed E-state index contributed by atoms with van der Waals surface area (Å²) in [5.41, 5.74) is 0.609. The fourth-order valence-corrected chi connectivity index (χ4v) is 2.48. The zero-order valence-corrected chi connectivity index (χ0v) is 14.0. The largest absolute Gasteiger partial charge is 0.416 e. The Hall–Kier alpha value is -3.16. The van der Waals surface area contributed by atoms with Crippen LogP contribution >= 0.6 is 0 Å². The average Bonchev–Trinajstić information content (AvgIpc) is 3.12. The minimum atomic E-state index is -4.37. The van der Waals surface area contributed by atoms with Crippen molar-refractivity contribution in [2.45, 2.75) is 12.6 Å². The van der Waals surface area contributed by atoms with Gasteiger partial charge in [0.25, 0.3) is 5.91 Å². The summed E-state index contributed by atoms with van der Waals surface area (Å²) < 4.78 is 52.2. The number of carbonyl (C=O) groups excluding carboxylic acids is 1. The number of hydrogen-bond acceptors (Lipinski definition) is 2. The molecule has 0 fully saturated rings. The quantitative estimate of drug-likeness (QED) is 0.683. The van der Waals surface area contributed by atoms with Gasteiger partial charge in [-0.2, -0.15) is 18.3 Å². The van der Waals surface area contributed by atoms with Crippen LogP contribution in [0.25, 0.3) is 5.69 Å². The molecule has 3 rings (SSSR count). The number of halogens is 4. The van der Waals surface area contributed by atoms with Gasteiger partial charge in [0.2, 0.25) is 0 Å². The Labute approximate surface area is 152 Å². The molecular formula is C19H15F4N3O. The fraction of sp³-hybridized carbons (Fsp3) is 0.158. The zero-order valence-electron chi connectivity index (χ0n) is 14.0. The van der Waals surface area contributed by atoms with E-state index in [9.17, 15) is 22.4 Å². The van der Waals surface area contributed by atoms with E-state index in [-0.39, 0.29) is 12.2 Å². The SMILES string of the molecule is O=C(NCCc1ccc(C(F)(F)F)cc1)c1ccn(-c2cccc(F)c2)n1. The zero-order chi connectivity index (χ0) is 19.4. The summed E-state index contributed by atoms with van der Waals surface area (Å²) in [4.78, 5) is 12.1. The first-order valence-corrected chi connectivity index (χ1v) is 8.09. The lowest BCUT2D eigenvalue weighted by atomic mass is 10.1. The van der Waals surface area contributed by atoms with E-state index < -0.39 is 23.5 Å². The van der Waals surface area contributed by atoms with Crippen LogP contribution in [0, 0.1) is 5.82 Å². The highest BCUT2D eigenvalue weighted by molar-refractivity contribution is 5.92. The second-order valence-electron chi connectivity index (χ2n) is 5.83. The van der Waals surface area contributed by atoms with Crippen LogP contribution in [-0.2, 0) is 12.6 Å². The predicted octanol–water partition coefficient (Wildman–Crippen LogP) is 4.00. The van der Waals surface area contributed by atoms with Gasteiger partial charge in [0.05, 0.1) is 11.3 Å². The molecule has 0 radical (unpaired) electrons. The van der Waals surface area contributed by atoms with Gasteiger partial charge in [-0.1, -0.05) is 18.2 Å². The standard InChI is InChI=1S/C19H15F4N3O/c20-15-2-1-3-16(12-15)26-11-9-17(25-26)18(27)24-10-8-13-4-6-14(7-5-13)19(21,22)23/h1-7,9,11-12H,8,10H2,(H,24,27). The average molecular weight is 377 g/mol. The van der Waals surface area contributed by atoms with Crippen molar-refractivity contribution in [1.29, 1.82) is 0 Å². The minimum Gasteiger partial charge on any atom is -0.350 e. The van der Waals surface area contributed by atoms with Crippen molar-refractivity contribution in [3.63, 3.8) is 0 Å². The second kappa shape index (κ2) is 7.61. The Morgan fingerprint density at radius 2 is 1.81 bits per heavy atom. The number of amides is 1. The highest BCUT2D eigenvalue weighted by Crippen LogP contribution is 2.29. The molecule has 1 heterocycles. The molecule has 0 bridgehead atoms. The summed E-state index contributed by atoms with van der Waals surface area (Å²) in [5, 5.41) is 6.76. The number of hydrogen-bond donors (Lipinski definition) is 1. The van der Waals surface area contributed by atoms with Crippen molar-refractivity contribution in [1.82, 2.24) is 15.1 Å². The lowest BCUT2D eigenvalue weighted by molar-refractivity contribution is -0.137. The molecule has 0 spiro atoms. The predicted molar refractivity (Wildman–Crippen MR) is 91.0 cm³/mol. The van der Waals surface area contributed by atoms with E-state index in [1.165, 1.54) is 41.1 Å². The van der Waals surface area contributed by atoms with Crippen molar-refractivity contribution in [3.8, 4) is 5.69 Å². The lowest BCUT2D eigenvalue weighted by Crippen LogP contribution is -2.26. The third-order valence-electron chi connectivity index (χ3n) is 3.87. The van der Waals surface area contributed by atoms with E-state index in [4.69, 9.17) is 0 Å². The van der Waals surface area contributed by atoms with E-state index in [1.807, 2.05) is 0 Å². The van der Waals surface area contributed by atoms with Crippen molar-refractivity contribution in [2.75, 3.05) is 6.54 Å². The van der Waals surface area contributed by atoms with Gasteiger partial charge in [-0.25, -0.2) is 9.07 Å². The molecule has 0 atom stereocenters. The summed E-state index contributed by atoms with van der Waals surface area (Å²) in [7, 11) is 0. The molecule has 0 aliphatic rings. The highest BCUT2D eigenvalue weighted by Gasteiger charge is 2.29. The van der Waals surface area contributed by atoms with Gasteiger partial charge in [-0.3, -0.25) is 4.79 Å². The Kier molecular flexibility index (Phi) is 5.25. The molecule has 2 aromatic carbocycles. The molecule has 0 aliphatic heterocycles. The molecule has 1 aromatic heterocycles. The van der Waals surface area contributed by atoms with Crippen LogP contribution in [0.15, 0.2) is 60.8 Å². The minimum absolute atomic E-state index is 0.159. The molecule has 0 unspecified atom stereocenters. The van der Waals surface area contributed by atoms with E-state index >= 15 is 0 Å². The summed E-state index contributed by atoms with van der Waals surface area (Å²) in [6, 6.07) is 12.1. The van der Waals surface area contributed by atoms with Crippen LogP contribution in [0.1, 0.15) is 21.6 Å². The van der Waals surface area contributed by atoms with Gasteiger partial charge >= 0.3 is 6.18 Å². The fourth-order valence-electron chi connectivity index (χ4n) is 2.48. The van der Waals surface area contributed by atoms with Crippen LogP contribution < -0.4 is 5.32 Å². The Morgan fingerprint density at radius 1 is 1.07 bits per heavy atom. The normalized spacial score (nSPS) is 11.4. The Morgan fingerprint density at radius 3 is 2.48 bits per heavy atom. The molecule has 4 nitrogen and oxygen atoms in total. The molecule has 0 aliphatic carbocycles. The molecular weight excluding hydrogens is 362 g/mol. The number of alkyl halides is 3. The van der Waals surface area contributed by atoms with Gasteiger partial charge in [0, 0.05) is 12.7 Å². The van der Waals surface area contributed by atoms with Crippen molar-refractivity contribution in [2.24, 2.45) is 0 Å². The van der Waals surface area contributed by atoms with Crippen molar-refractivity contribution < 1.29 is 22.4 Å². The molecule has 0 saturated carbocycles. The first-order chi connectivity index (χ1) is 12.8. The number of rotatable bonds is 5. The first kappa shape index (κ1) is 18.6. The summed E-state index contributed by atoms with van der Waals surface area (Å²) in [6.07, 6.45) is -2.44. The number of nitrogens with zero attached hydrogens (tertiary/aromatic N) is 2. The maximum Gasteiger partial charge on any atom is 0.416 e. The summed E-state index contributed by atoms with van der Waals surface area (Å²) >= 11 is 0. The van der Waals surface area contributed by atoms with Crippen molar-refractivity contribution >= 4 is 5.91 Å². The van der Waals surface area contributed by atoms with Gasteiger partial charge in [0.1, 0.15) is 5.82 Å². The molecule has 1 N–H and O–H groups in total. The van der Waals surface area contributed by atoms with Gasteiger partial charge in [0.15, 0.2) is 5.69 Å². The van der Waals surface area contributed by atoms with Gasteiger partial charge < -0.3 is 5.32 Å². The van der Waals surface area contributed by atoms with Crippen LogP contribution in [0.5, 0.6) is 0 Å². The van der Waals surface area contributed by atoms with Crippen LogP contribution in [-0.4, -0.2) is 22.2 Å². The third-order valence-corrected chi connectivity index (χ3v) is 3.87. The molecule has 0 saturated heterocycles. The second-order valence-corrected chi connectivity index (χ2v) is 5.83. The van der Waals surface area contributed by atoms with Crippen LogP contribution in [0.4, 0.5) is 17.6 Å². The molecule has 140 valence electrons. The molecule has 8 heteroatoms. The van der Waals surface area contributed by atoms with Gasteiger partial charge in [-0.15, -0.1) is 0 Å². The topological polar surface area (TPSA) is 46.9 Å². The third kappa shape index (κ3) is 4.72. The monoisotopic (exact) mass is 377 g/mol. The number of benzene rings is 2. The van der Waals surface area contributed by atoms with E-state index in [0.717, 1.165) is 12.1 Å². The summed E-state index contributed by atoms with van der Waals surface area (Å²) in [5.74, 6) is -0.831. The van der Waals surface area contributed by atoms with Crippen molar-refractivity contribution in [3.05, 3.63) is 83.4 Å². The number of nitrogens with one attached hydrogen (secondary N) is 1. The van der Waals surface area contributed by atoms with Crippen LogP contribution in [0.2, 0.25) is 0 Å². The van der Waals surface area contributed by atoms with E-state index in [1.54, 1.807) is 12.3 Å². The smallest absolute Gasteiger partial charge is 0.350 e. The maximum absolute atomic E-state index is 13.3. The number of aromatic nitrogens is 2. The lowest BCUT2D eigenvalue weighted by Gasteiger charge is -2.08. The first-order valence-electron chi connectivity index (χ1n) is 8.09. The van der Waals surface area contributed by atoms with E-state index in [2.05, 4.69) is 10.4 Å². The number of carbonyl (C=O) groups is 1. The maximum atomic E-state index is 13.3. The Balaban J connectivity index is 1.55. The van der Waals surface area contributed by atoms with E-state index in [0.29, 0.717) is 17.7 Å². The molecule has 3 aromatic rings. The summed E-state index contributed by atoms with van der Waals surface area (Å²) in [6.45, 7) is 0.247.